The van der Waals surface area contributed by atoms with E-state index in [0.717, 1.165) is 12.0 Å². The molecule has 1 aliphatic rings. The maximum Gasteiger partial charge on any atom is 0.246 e. The van der Waals surface area contributed by atoms with E-state index in [2.05, 4.69) is 12.1 Å². The Balaban J connectivity index is 1.67. The van der Waals surface area contributed by atoms with Crippen molar-refractivity contribution in [3.8, 4) is 0 Å². The Kier molecular flexibility index (Phi) is 5.34. The second kappa shape index (κ2) is 7.66. The lowest BCUT2D eigenvalue weighted by molar-refractivity contribution is -0.133. The number of amides is 1. The molecular formula is C22H25NO2. The third-order valence-electron chi connectivity index (χ3n) is 5.06. The Morgan fingerprint density at radius 3 is 2.48 bits per heavy atom. The molecule has 1 aliphatic heterocycles. The Hall–Kier alpha value is -2.39. The summed E-state index contributed by atoms with van der Waals surface area (Å²) in [4.78, 5) is 14.4. The van der Waals surface area contributed by atoms with Gasteiger partial charge in [-0.1, -0.05) is 60.7 Å². The molecule has 1 amide bonds. The molecule has 2 aromatic carbocycles. The van der Waals surface area contributed by atoms with Gasteiger partial charge in [0.15, 0.2) is 0 Å². The smallest absolute Gasteiger partial charge is 0.246 e. The summed E-state index contributed by atoms with van der Waals surface area (Å²) in [7, 11) is 0. The van der Waals surface area contributed by atoms with Crippen LogP contribution in [-0.2, 0) is 11.2 Å². The van der Waals surface area contributed by atoms with Crippen LogP contribution in [0.4, 0.5) is 0 Å². The highest BCUT2D eigenvalue weighted by Gasteiger charge is 2.38. The van der Waals surface area contributed by atoms with E-state index in [-0.39, 0.29) is 11.8 Å². The zero-order valence-electron chi connectivity index (χ0n) is 14.6. The highest BCUT2D eigenvalue weighted by molar-refractivity contribution is 5.91. The quantitative estimate of drug-likeness (QED) is 0.868. The van der Waals surface area contributed by atoms with Gasteiger partial charge in [0, 0.05) is 25.1 Å². The van der Waals surface area contributed by atoms with Gasteiger partial charge in [-0.3, -0.25) is 4.79 Å². The van der Waals surface area contributed by atoms with E-state index in [1.165, 1.54) is 5.56 Å². The summed E-state index contributed by atoms with van der Waals surface area (Å²) in [6.07, 6.45) is 4.87. The summed E-state index contributed by atoms with van der Waals surface area (Å²) in [5.74, 6) is 0.0511. The highest BCUT2D eigenvalue weighted by Crippen LogP contribution is 2.30. The van der Waals surface area contributed by atoms with Crippen molar-refractivity contribution in [2.75, 3.05) is 13.1 Å². The molecule has 130 valence electrons. The molecule has 1 heterocycles. The summed E-state index contributed by atoms with van der Waals surface area (Å²) in [6, 6.07) is 20.0. The normalized spacial score (nSPS) is 23.8. The van der Waals surface area contributed by atoms with Crippen LogP contribution in [0.15, 0.2) is 66.7 Å². The molecule has 3 heteroatoms. The van der Waals surface area contributed by atoms with E-state index in [1.807, 2.05) is 66.4 Å². The van der Waals surface area contributed by atoms with Crippen LogP contribution in [0, 0.1) is 5.92 Å². The van der Waals surface area contributed by atoms with Crippen LogP contribution >= 0.6 is 0 Å². The summed E-state index contributed by atoms with van der Waals surface area (Å²) >= 11 is 0. The first-order valence-electron chi connectivity index (χ1n) is 8.83. The molecule has 2 atom stereocenters. The van der Waals surface area contributed by atoms with E-state index in [4.69, 9.17) is 0 Å². The van der Waals surface area contributed by atoms with Gasteiger partial charge >= 0.3 is 0 Å². The fraction of sp³-hybridized carbons (Fsp3) is 0.318. The van der Waals surface area contributed by atoms with Gasteiger partial charge in [-0.25, -0.2) is 0 Å². The van der Waals surface area contributed by atoms with Crippen molar-refractivity contribution in [2.45, 2.75) is 25.4 Å². The summed E-state index contributed by atoms with van der Waals surface area (Å²) in [5.41, 5.74) is 1.47. The van der Waals surface area contributed by atoms with Gasteiger partial charge in [0.1, 0.15) is 0 Å². The number of aliphatic hydroxyl groups is 1. The minimum Gasteiger partial charge on any atom is -0.390 e. The molecule has 0 radical (unpaired) electrons. The topological polar surface area (TPSA) is 40.5 Å². The number of carbonyl (C=O) groups is 1. The average molecular weight is 335 g/mol. The molecule has 0 unspecified atom stereocenters. The number of hydrogen-bond acceptors (Lipinski definition) is 2. The number of rotatable bonds is 4. The molecule has 3 nitrogen and oxygen atoms in total. The number of carbonyl (C=O) groups excluding carboxylic acids is 1. The number of piperidine rings is 1. The fourth-order valence-corrected chi connectivity index (χ4v) is 3.34. The van der Waals surface area contributed by atoms with Crippen LogP contribution < -0.4 is 0 Å². The molecule has 0 aromatic heterocycles. The van der Waals surface area contributed by atoms with Gasteiger partial charge in [0.2, 0.25) is 5.91 Å². The fourth-order valence-electron chi connectivity index (χ4n) is 3.34. The van der Waals surface area contributed by atoms with E-state index >= 15 is 0 Å². The van der Waals surface area contributed by atoms with Gasteiger partial charge in [0.25, 0.3) is 0 Å². The third-order valence-corrected chi connectivity index (χ3v) is 5.06. The Labute approximate surface area is 149 Å². The minimum atomic E-state index is -0.740. The monoisotopic (exact) mass is 335 g/mol. The molecular weight excluding hydrogens is 310 g/mol. The molecule has 25 heavy (non-hydrogen) atoms. The number of hydrogen-bond donors (Lipinski definition) is 1. The summed E-state index contributed by atoms with van der Waals surface area (Å²) in [5, 5.41) is 10.7. The van der Waals surface area contributed by atoms with E-state index in [1.54, 1.807) is 6.08 Å². The minimum absolute atomic E-state index is 0.0115. The number of benzene rings is 2. The number of nitrogens with zero attached hydrogens (tertiary/aromatic N) is 1. The van der Waals surface area contributed by atoms with Gasteiger partial charge in [0.05, 0.1) is 5.60 Å². The molecule has 0 bridgehead atoms. The standard InChI is InChI=1S/C22H25NO2/c1-22(25)14-15-23(17-20(22)16-19-10-6-3-7-11-19)21(24)13-12-18-8-4-2-5-9-18/h2-13,20,25H,14-17H2,1H3/t20-,22+/m0/s1. The molecule has 1 saturated heterocycles. The largest absolute Gasteiger partial charge is 0.390 e. The van der Waals surface area contributed by atoms with Crippen LogP contribution in [0.2, 0.25) is 0 Å². The summed E-state index contributed by atoms with van der Waals surface area (Å²) < 4.78 is 0. The maximum atomic E-state index is 12.5. The Morgan fingerprint density at radius 2 is 1.80 bits per heavy atom. The van der Waals surface area contributed by atoms with Gasteiger partial charge in [-0.05, 0) is 37.0 Å². The second-order valence-corrected chi connectivity index (χ2v) is 7.02. The van der Waals surface area contributed by atoms with Gasteiger partial charge in [-0.15, -0.1) is 0 Å². The van der Waals surface area contributed by atoms with Crippen LogP contribution in [0.3, 0.4) is 0 Å². The molecule has 0 spiro atoms. The lowest BCUT2D eigenvalue weighted by Crippen LogP contribution is -2.52. The third kappa shape index (κ3) is 4.58. The van der Waals surface area contributed by atoms with Crippen molar-refractivity contribution in [1.82, 2.24) is 4.90 Å². The average Bonchev–Trinajstić information content (AvgIpc) is 2.63. The van der Waals surface area contributed by atoms with Gasteiger partial charge in [-0.2, -0.15) is 0 Å². The first-order chi connectivity index (χ1) is 12.0. The summed E-state index contributed by atoms with van der Waals surface area (Å²) in [6.45, 7) is 3.07. The lowest BCUT2D eigenvalue weighted by Gasteiger charge is -2.42. The predicted molar refractivity (Wildman–Crippen MR) is 101 cm³/mol. The molecule has 1 fully saturated rings. The SMILES string of the molecule is C[C@@]1(O)CCN(C(=O)C=Cc2ccccc2)C[C@@H]1Cc1ccccc1. The van der Waals surface area contributed by atoms with Crippen LogP contribution in [-0.4, -0.2) is 34.6 Å². The van der Waals surface area contributed by atoms with Crippen LogP contribution in [0.25, 0.3) is 6.08 Å². The highest BCUT2D eigenvalue weighted by atomic mass is 16.3. The van der Waals surface area contributed by atoms with Crippen molar-refractivity contribution in [3.63, 3.8) is 0 Å². The van der Waals surface area contributed by atoms with Crippen LogP contribution in [0.5, 0.6) is 0 Å². The maximum absolute atomic E-state index is 12.5. The van der Waals surface area contributed by atoms with Crippen molar-refractivity contribution in [1.29, 1.82) is 0 Å². The molecule has 2 aromatic rings. The first kappa shape index (κ1) is 17.4. The number of likely N-dealkylation sites (tertiary alicyclic amines) is 1. The Morgan fingerprint density at radius 1 is 1.16 bits per heavy atom. The molecule has 1 N–H and O–H groups in total. The second-order valence-electron chi connectivity index (χ2n) is 7.02. The Bertz CT molecular complexity index is 722. The van der Waals surface area contributed by atoms with E-state index in [9.17, 15) is 9.90 Å². The van der Waals surface area contributed by atoms with Crippen molar-refractivity contribution in [2.24, 2.45) is 5.92 Å². The van der Waals surface area contributed by atoms with Crippen molar-refractivity contribution >= 4 is 12.0 Å². The predicted octanol–water partition coefficient (Wildman–Crippen LogP) is 3.54. The zero-order valence-corrected chi connectivity index (χ0v) is 14.6. The molecule has 0 aliphatic carbocycles. The van der Waals surface area contributed by atoms with E-state index in [0.29, 0.717) is 19.5 Å². The first-order valence-corrected chi connectivity index (χ1v) is 8.83. The van der Waals surface area contributed by atoms with E-state index < -0.39 is 5.60 Å². The molecule has 0 saturated carbocycles. The lowest BCUT2D eigenvalue weighted by atomic mass is 9.79. The van der Waals surface area contributed by atoms with Gasteiger partial charge < -0.3 is 10.0 Å². The van der Waals surface area contributed by atoms with Crippen LogP contribution in [0.1, 0.15) is 24.5 Å². The van der Waals surface area contributed by atoms with Crippen molar-refractivity contribution < 1.29 is 9.90 Å². The molecule has 3 rings (SSSR count). The van der Waals surface area contributed by atoms with Crippen molar-refractivity contribution in [3.05, 3.63) is 77.9 Å². The zero-order chi connectivity index (χ0) is 17.7.